The Morgan fingerprint density at radius 1 is 1.44 bits per heavy atom. The predicted octanol–water partition coefficient (Wildman–Crippen LogP) is 1.13. The van der Waals surface area contributed by atoms with E-state index in [1.54, 1.807) is 13.0 Å². The second-order valence-electron chi connectivity index (χ2n) is 4.02. The van der Waals surface area contributed by atoms with E-state index in [4.69, 9.17) is 14.2 Å². The molecule has 0 amide bonds. The SMILES string of the molecule is CCOC(=O)[C@H](CO)Cc1ccc2c(c1)OCO2. The third kappa shape index (κ3) is 2.73. The van der Waals surface area contributed by atoms with Crippen molar-refractivity contribution in [1.82, 2.24) is 0 Å². The minimum absolute atomic E-state index is 0.222. The number of ether oxygens (including phenoxy) is 3. The first kappa shape index (κ1) is 12.7. The molecule has 0 radical (unpaired) electrons. The van der Waals surface area contributed by atoms with Gasteiger partial charge in [0.2, 0.25) is 6.79 Å². The first-order valence-corrected chi connectivity index (χ1v) is 5.90. The maximum absolute atomic E-state index is 11.6. The van der Waals surface area contributed by atoms with Gasteiger partial charge in [0.05, 0.1) is 19.1 Å². The van der Waals surface area contributed by atoms with Crippen LogP contribution in [0.5, 0.6) is 11.5 Å². The molecule has 1 heterocycles. The maximum atomic E-state index is 11.6. The average Bonchev–Trinajstić information content (AvgIpc) is 2.83. The number of carbonyl (C=O) groups is 1. The molecule has 0 fully saturated rings. The van der Waals surface area contributed by atoms with Crippen molar-refractivity contribution >= 4 is 5.97 Å². The summed E-state index contributed by atoms with van der Waals surface area (Å²) < 4.78 is 15.4. The fourth-order valence-electron chi connectivity index (χ4n) is 1.83. The van der Waals surface area contributed by atoms with Crippen molar-refractivity contribution in [2.75, 3.05) is 20.0 Å². The smallest absolute Gasteiger partial charge is 0.311 e. The summed E-state index contributed by atoms with van der Waals surface area (Å²) in [5, 5.41) is 9.22. The summed E-state index contributed by atoms with van der Waals surface area (Å²) in [6, 6.07) is 5.48. The van der Waals surface area contributed by atoms with Gasteiger partial charge in [-0.05, 0) is 31.0 Å². The minimum Gasteiger partial charge on any atom is -0.466 e. The molecular weight excluding hydrogens is 236 g/mol. The molecule has 5 heteroatoms. The molecule has 1 aromatic carbocycles. The van der Waals surface area contributed by atoms with Gasteiger partial charge in [0.25, 0.3) is 0 Å². The van der Waals surface area contributed by atoms with Crippen molar-refractivity contribution in [2.45, 2.75) is 13.3 Å². The van der Waals surface area contributed by atoms with E-state index >= 15 is 0 Å². The van der Waals surface area contributed by atoms with Crippen LogP contribution < -0.4 is 9.47 Å². The monoisotopic (exact) mass is 252 g/mol. The molecule has 1 aromatic rings. The highest BCUT2D eigenvalue weighted by Crippen LogP contribution is 2.33. The summed E-state index contributed by atoms with van der Waals surface area (Å²) in [6.45, 7) is 2.05. The van der Waals surface area contributed by atoms with Crippen molar-refractivity contribution in [1.29, 1.82) is 0 Å². The minimum atomic E-state index is -0.537. The van der Waals surface area contributed by atoms with Crippen LogP contribution in [0.4, 0.5) is 0 Å². The lowest BCUT2D eigenvalue weighted by Crippen LogP contribution is -2.23. The second-order valence-corrected chi connectivity index (χ2v) is 4.02. The van der Waals surface area contributed by atoms with Crippen LogP contribution in [0.25, 0.3) is 0 Å². The van der Waals surface area contributed by atoms with E-state index in [9.17, 15) is 9.90 Å². The van der Waals surface area contributed by atoms with Crippen LogP contribution in [0.1, 0.15) is 12.5 Å². The quantitative estimate of drug-likeness (QED) is 0.796. The van der Waals surface area contributed by atoms with Gasteiger partial charge in [0.1, 0.15) is 0 Å². The number of hydrogen-bond donors (Lipinski definition) is 1. The Morgan fingerprint density at radius 3 is 2.94 bits per heavy atom. The molecule has 98 valence electrons. The van der Waals surface area contributed by atoms with Gasteiger partial charge in [-0.1, -0.05) is 6.07 Å². The normalized spacial score (nSPS) is 14.3. The summed E-state index contributed by atoms with van der Waals surface area (Å²) in [5.74, 6) is 0.464. The highest BCUT2D eigenvalue weighted by Gasteiger charge is 2.21. The standard InChI is InChI=1S/C13H16O5/c1-2-16-13(15)10(7-14)5-9-3-4-11-12(6-9)18-8-17-11/h3-4,6,10,14H,2,5,7-8H2,1H3/t10-/m0/s1. The van der Waals surface area contributed by atoms with Crippen molar-refractivity contribution in [3.05, 3.63) is 23.8 Å². The average molecular weight is 252 g/mol. The molecule has 0 saturated carbocycles. The Balaban J connectivity index is 2.05. The number of hydrogen-bond acceptors (Lipinski definition) is 5. The van der Waals surface area contributed by atoms with Crippen LogP contribution in [0.3, 0.4) is 0 Å². The van der Waals surface area contributed by atoms with E-state index in [0.717, 1.165) is 5.56 Å². The van der Waals surface area contributed by atoms with Gasteiger partial charge in [0, 0.05) is 0 Å². The van der Waals surface area contributed by atoms with Gasteiger partial charge in [-0.15, -0.1) is 0 Å². The molecule has 1 aliphatic heterocycles. The summed E-state index contributed by atoms with van der Waals surface area (Å²) in [7, 11) is 0. The van der Waals surface area contributed by atoms with Gasteiger partial charge < -0.3 is 19.3 Å². The zero-order valence-electron chi connectivity index (χ0n) is 10.2. The first-order chi connectivity index (χ1) is 8.74. The lowest BCUT2D eigenvalue weighted by atomic mass is 10.00. The van der Waals surface area contributed by atoms with Crippen LogP contribution >= 0.6 is 0 Å². The molecular formula is C13H16O5. The lowest BCUT2D eigenvalue weighted by Gasteiger charge is -2.13. The van der Waals surface area contributed by atoms with Gasteiger partial charge in [-0.3, -0.25) is 4.79 Å². The van der Waals surface area contributed by atoms with Crippen molar-refractivity contribution in [3.8, 4) is 11.5 Å². The number of aliphatic hydroxyl groups is 1. The number of rotatable bonds is 5. The molecule has 1 atom stereocenters. The molecule has 1 aliphatic rings. The van der Waals surface area contributed by atoms with Crippen molar-refractivity contribution < 1.29 is 24.1 Å². The Morgan fingerprint density at radius 2 is 2.22 bits per heavy atom. The number of fused-ring (bicyclic) bond motifs is 1. The van der Waals surface area contributed by atoms with Crippen LogP contribution in [0.2, 0.25) is 0 Å². The number of benzene rings is 1. The summed E-state index contributed by atoms with van der Waals surface area (Å²) in [4.78, 5) is 11.6. The molecule has 1 N–H and O–H groups in total. The Bertz CT molecular complexity index is 429. The fourth-order valence-corrected chi connectivity index (χ4v) is 1.83. The van der Waals surface area contributed by atoms with Crippen molar-refractivity contribution in [3.63, 3.8) is 0 Å². The van der Waals surface area contributed by atoms with E-state index in [1.807, 2.05) is 12.1 Å². The van der Waals surface area contributed by atoms with Crippen LogP contribution in [0, 0.1) is 5.92 Å². The molecule has 0 unspecified atom stereocenters. The van der Waals surface area contributed by atoms with Gasteiger partial charge in [-0.2, -0.15) is 0 Å². The van der Waals surface area contributed by atoms with Crippen molar-refractivity contribution in [2.24, 2.45) is 5.92 Å². The number of esters is 1. The molecule has 0 bridgehead atoms. The predicted molar refractivity (Wildman–Crippen MR) is 63.5 cm³/mol. The highest BCUT2D eigenvalue weighted by molar-refractivity contribution is 5.73. The summed E-state index contributed by atoms with van der Waals surface area (Å²) >= 11 is 0. The molecule has 0 aromatic heterocycles. The van der Waals surface area contributed by atoms with Crippen LogP contribution in [-0.2, 0) is 16.0 Å². The zero-order valence-corrected chi connectivity index (χ0v) is 10.2. The van der Waals surface area contributed by atoms with Gasteiger partial charge >= 0.3 is 5.97 Å². The fraction of sp³-hybridized carbons (Fsp3) is 0.462. The van der Waals surface area contributed by atoms with E-state index in [2.05, 4.69) is 0 Å². The second kappa shape index (κ2) is 5.73. The third-order valence-corrected chi connectivity index (χ3v) is 2.76. The zero-order chi connectivity index (χ0) is 13.0. The number of aliphatic hydroxyl groups excluding tert-OH is 1. The maximum Gasteiger partial charge on any atom is 0.311 e. The Kier molecular flexibility index (Phi) is 4.04. The van der Waals surface area contributed by atoms with Gasteiger partial charge in [-0.25, -0.2) is 0 Å². The molecule has 0 spiro atoms. The summed E-state index contributed by atoms with van der Waals surface area (Å²) in [5.41, 5.74) is 0.909. The Labute approximate surface area is 105 Å². The lowest BCUT2D eigenvalue weighted by molar-refractivity contribution is -0.149. The highest BCUT2D eigenvalue weighted by atomic mass is 16.7. The largest absolute Gasteiger partial charge is 0.466 e. The molecule has 18 heavy (non-hydrogen) atoms. The third-order valence-electron chi connectivity index (χ3n) is 2.76. The number of carbonyl (C=O) groups excluding carboxylic acids is 1. The van der Waals surface area contributed by atoms with E-state index in [0.29, 0.717) is 24.5 Å². The molecule has 2 rings (SSSR count). The topological polar surface area (TPSA) is 65.0 Å². The van der Waals surface area contributed by atoms with E-state index in [1.165, 1.54) is 0 Å². The molecule has 5 nitrogen and oxygen atoms in total. The molecule has 0 saturated heterocycles. The van der Waals surface area contributed by atoms with Crippen LogP contribution in [0.15, 0.2) is 18.2 Å². The first-order valence-electron chi connectivity index (χ1n) is 5.90. The van der Waals surface area contributed by atoms with E-state index < -0.39 is 5.92 Å². The Hall–Kier alpha value is -1.75. The summed E-state index contributed by atoms with van der Waals surface area (Å²) in [6.07, 6.45) is 0.423. The van der Waals surface area contributed by atoms with E-state index in [-0.39, 0.29) is 19.4 Å². The van der Waals surface area contributed by atoms with Gasteiger partial charge in [0.15, 0.2) is 11.5 Å². The molecule has 0 aliphatic carbocycles. The van der Waals surface area contributed by atoms with Crippen LogP contribution in [-0.4, -0.2) is 31.1 Å².